The number of carbonyl (C=O) groups excluding carboxylic acids is 1. The fraction of sp³-hybridized carbons (Fsp3) is 0.909. The van der Waals surface area contributed by atoms with Crippen molar-refractivity contribution in [2.24, 2.45) is 0 Å². The van der Waals surface area contributed by atoms with Crippen molar-refractivity contribution in [1.82, 2.24) is 10.2 Å². The van der Waals surface area contributed by atoms with Crippen LogP contribution in [0.1, 0.15) is 26.7 Å². The lowest BCUT2D eigenvalue weighted by molar-refractivity contribution is 0.164. The Morgan fingerprint density at radius 3 is 2.88 bits per heavy atom. The Morgan fingerprint density at radius 1 is 1.62 bits per heavy atom. The van der Waals surface area contributed by atoms with Crippen molar-refractivity contribution in [3.8, 4) is 0 Å². The Kier molecular flexibility index (Phi) is 5.55. The quantitative estimate of drug-likeness (QED) is 0.726. The van der Waals surface area contributed by atoms with Crippen molar-refractivity contribution < 1.29 is 14.6 Å². The molecule has 1 fully saturated rings. The van der Waals surface area contributed by atoms with E-state index in [-0.39, 0.29) is 24.7 Å². The first-order valence-corrected chi connectivity index (χ1v) is 5.91. The number of amides is 2. The zero-order chi connectivity index (χ0) is 12.0. The molecule has 0 aromatic rings. The van der Waals surface area contributed by atoms with Crippen LogP contribution in [-0.4, -0.2) is 54.5 Å². The van der Waals surface area contributed by atoms with Gasteiger partial charge in [0.1, 0.15) is 0 Å². The second-order valence-corrected chi connectivity index (χ2v) is 4.37. The summed E-state index contributed by atoms with van der Waals surface area (Å²) in [5.74, 6) is 0. The zero-order valence-corrected chi connectivity index (χ0v) is 10.1. The number of urea groups is 1. The van der Waals surface area contributed by atoms with E-state index in [0.29, 0.717) is 19.6 Å². The number of aliphatic hydroxyl groups is 1. The molecule has 0 aromatic heterocycles. The summed E-state index contributed by atoms with van der Waals surface area (Å²) >= 11 is 0. The average Bonchev–Trinajstić information content (AvgIpc) is 2.70. The van der Waals surface area contributed by atoms with Crippen molar-refractivity contribution in [1.29, 1.82) is 0 Å². The summed E-state index contributed by atoms with van der Waals surface area (Å²) < 4.78 is 5.21. The van der Waals surface area contributed by atoms with Gasteiger partial charge < -0.3 is 20.1 Å². The van der Waals surface area contributed by atoms with Gasteiger partial charge in [-0.05, 0) is 26.7 Å². The van der Waals surface area contributed by atoms with Gasteiger partial charge in [-0.1, -0.05) is 0 Å². The zero-order valence-electron chi connectivity index (χ0n) is 10.1. The van der Waals surface area contributed by atoms with Crippen molar-refractivity contribution in [2.45, 2.75) is 38.8 Å². The van der Waals surface area contributed by atoms with Crippen LogP contribution < -0.4 is 5.32 Å². The average molecular weight is 230 g/mol. The fourth-order valence-electron chi connectivity index (χ4n) is 1.74. The predicted molar refractivity (Wildman–Crippen MR) is 61.3 cm³/mol. The molecule has 0 aliphatic carbocycles. The van der Waals surface area contributed by atoms with E-state index in [1.807, 2.05) is 13.8 Å². The molecule has 0 aromatic carbocycles. The summed E-state index contributed by atoms with van der Waals surface area (Å²) in [6.07, 6.45) is 1.50. The third kappa shape index (κ3) is 3.98. The van der Waals surface area contributed by atoms with Crippen molar-refractivity contribution >= 4 is 6.03 Å². The van der Waals surface area contributed by atoms with E-state index in [1.165, 1.54) is 0 Å². The van der Waals surface area contributed by atoms with E-state index in [0.717, 1.165) is 13.0 Å². The van der Waals surface area contributed by atoms with Crippen LogP contribution in [0.5, 0.6) is 0 Å². The van der Waals surface area contributed by atoms with Crippen LogP contribution in [0.2, 0.25) is 0 Å². The molecule has 1 unspecified atom stereocenters. The maximum Gasteiger partial charge on any atom is 0.317 e. The first-order valence-electron chi connectivity index (χ1n) is 5.91. The maximum atomic E-state index is 11.9. The second kappa shape index (κ2) is 6.70. The monoisotopic (exact) mass is 230 g/mol. The van der Waals surface area contributed by atoms with Gasteiger partial charge >= 0.3 is 6.03 Å². The van der Waals surface area contributed by atoms with E-state index in [9.17, 15) is 4.79 Å². The van der Waals surface area contributed by atoms with Gasteiger partial charge in [0.05, 0.1) is 12.6 Å². The summed E-state index contributed by atoms with van der Waals surface area (Å²) in [5.41, 5.74) is 0. The van der Waals surface area contributed by atoms with Gasteiger partial charge in [-0.15, -0.1) is 0 Å². The molecule has 1 atom stereocenters. The van der Waals surface area contributed by atoms with Gasteiger partial charge in [0.2, 0.25) is 0 Å². The molecule has 94 valence electrons. The topological polar surface area (TPSA) is 61.8 Å². The van der Waals surface area contributed by atoms with Crippen LogP contribution in [-0.2, 0) is 4.74 Å². The number of ether oxygens (including phenoxy) is 1. The summed E-state index contributed by atoms with van der Waals surface area (Å²) in [5, 5.41) is 11.7. The summed E-state index contributed by atoms with van der Waals surface area (Å²) in [6.45, 7) is 5.99. The molecular formula is C11H22N2O3. The highest BCUT2D eigenvalue weighted by Crippen LogP contribution is 2.06. The Bertz CT molecular complexity index is 215. The fourth-order valence-corrected chi connectivity index (χ4v) is 1.74. The molecule has 1 heterocycles. The van der Waals surface area contributed by atoms with Gasteiger partial charge in [0.15, 0.2) is 0 Å². The van der Waals surface area contributed by atoms with Crippen LogP contribution in [0.4, 0.5) is 4.79 Å². The van der Waals surface area contributed by atoms with Crippen molar-refractivity contribution in [3.05, 3.63) is 0 Å². The predicted octanol–water partition coefficient (Wildman–Crippen LogP) is 0.578. The highest BCUT2D eigenvalue weighted by Gasteiger charge is 2.22. The lowest BCUT2D eigenvalue weighted by Crippen LogP contribution is -2.48. The Morgan fingerprint density at radius 2 is 2.38 bits per heavy atom. The molecule has 1 aliphatic rings. The molecule has 1 saturated heterocycles. The third-order valence-electron chi connectivity index (χ3n) is 2.70. The van der Waals surface area contributed by atoms with E-state index < -0.39 is 0 Å². The molecule has 0 bridgehead atoms. The highest BCUT2D eigenvalue weighted by atomic mass is 16.5. The molecule has 2 N–H and O–H groups in total. The largest absolute Gasteiger partial charge is 0.396 e. The Labute approximate surface area is 96.8 Å². The van der Waals surface area contributed by atoms with E-state index in [4.69, 9.17) is 9.84 Å². The molecule has 5 heteroatoms. The normalized spacial score (nSPS) is 20.1. The van der Waals surface area contributed by atoms with Crippen LogP contribution in [0.25, 0.3) is 0 Å². The lowest BCUT2D eigenvalue weighted by atomic mass is 10.2. The minimum atomic E-state index is -0.0565. The van der Waals surface area contributed by atoms with Gasteiger partial charge in [0.25, 0.3) is 0 Å². The highest BCUT2D eigenvalue weighted by molar-refractivity contribution is 5.74. The summed E-state index contributed by atoms with van der Waals surface area (Å²) in [4.78, 5) is 13.7. The standard InChI is InChI=1S/C11H22N2O3/c1-9(2)13(5-3-6-14)11(15)12-10-4-7-16-8-10/h9-10,14H,3-8H2,1-2H3,(H,12,15). The number of aliphatic hydroxyl groups excluding tert-OH is 1. The summed E-state index contributed by atoms with van der Waals surface area (Å²) in [7, 11) is 0. The molecule has 1 aliphatic heterocycles. The minimum Gasteiger partial charge on any atom is -0.396 e. The Balaban J connectivity index is 2.39. The van der Waals surface area contributed by atoms with Crippen LogP contribution in [0.15, 0.2) is 0 Å². The van der Waals surface area contributed by atoms with Crippen molar-refractivity contribution in [2.75, 3.05) is 26.4 Å². The molecular weight excluding hydrogens is 208 g/mol. The molecule has 1 rings (SSSR count). The van der Waals surface area contributed by atoms with Gasteiger partial charge in [0, 0.05) is 25.8 Å². The van der Waals surface area contributed by atoms with E-state index in [1.54, 1.807) is 4.90 Å². The van der Waals surface area contributed by atoms with Crippen LogP contribution >= 0.6 is 0 Å². The second-order valence-electron chi connectivity index (χ2n) is 4.37. The molecule has 2 amide bonds. The van der Waals surface area contributed by atoms with Gasteiger partial charge in [-0.2, -0.15) is 0 Å². The third-order valence-corrected chi connectivity index (χ3v) is 2.70. The van der Waals surface area contributed by atoms with Crippen LogP contribution in [0.3, 0.4) is 0 Å². The van der Waals surface area contributed by atoms with E-state index >= 15 is 0 Å². The number of rotatable bonds is 5. The number of hydrogen-bond acceptors (Lipinski definition) is 3. The number of nitrogens with one attached hydrogen (secondary N) is 1. The molecule has 0 radical (unpaired) electrons. The number of carbonyl (C=O) groups is 1. The number of nitrogens with zero attached hydrogens (tertiary/aromatic N) is 1. The molecule has 16 heavy (non-hydrogen) atoms. The Hall–Kier alpha value is -0.810. The molecule has 0 spiro atoms. The molecule has 5 nitrogen and oxygen atoms in total. The van der Waals surface area contributed by atoms with Gasteiger partial charge in [-0.25, -0.2) is 4.79 Å². The van der Waals surface area contributed by atoms with E-state index in [2.05, 4.69) is 5.32 Å². The minimum absolute atomic E-state index is 0.0565. The smallest absolute Gasteiger partial charge is 0.317 e. The van der Waals surface area contributed by atoms with Gasteiger partial charge in [-0.3, -0.25) is 0 Å². The maximum absolute atomic E-state index is 11.9. The lowest BCUT2D eigenvalue weighted by Gasteiger charge is -2.28. The first-order chi connectivity index (χ1) is 7.65. The number of hydrogen-bond donors (Lipinski definition) is 2. The SMILES string of the molecule is CC(C)N(CCCO)C(=O)NC1CCOC1. The first kappa shape index (κ1) is 13.3. The summed E-state index contributed by atoms with van der Waals surface area (Å²) in [6, 6.07) is 0.232. The molecule has 0 saturated carbocycles. The van der Waals surface area contributed by atoms with Crippen molar-refractivity contribution in [3.63, 3.8) is 0 Å². The van der Waals surface area contributed by atoms with Crippen LogP contribution in [0, 0.1) is 0 Å².